The molecule has 0 radical (unpaired) electrons. The molecule has 1 aromatic heterocycles. The van der Waals surface area contributed by atoms with Crippen LogP contribution in [0.1, 0.15) is 30.1 Å². The Morgan fingerprint density at radius 3 is 3.00 bits per heavy atom. The van der Waals surface area contributed by atoms with E-state index in [0.29, 0.717) is 18.7 Å². The van der Waals surface area contributed by atoms with Crippen LogP contribution in [0, 0.1) is 0 Å². The first-order valence-electron chi connectivity index (χ1n) is 5.34. The number of halogens is 1. The molecule has 0 atom stereocenters. The molecule has 1 N–H and O–H groups in total. The van der Waals surface area contributed by atoms with Crippen molar-refractivity contribution >= 4 is 33.2 Å². The maximum absolute atomic E-state index is 11.6. The van der Waals surface area contributed by atoms with Gasteiger partial charge in [-0.25, -0.2) is 0 Å². The van der Waals surface area contributed by atoms with E-state index in [9.17, 15) is 4.79 Å². The van der Waals surface area contributed by atoms with Crippen LogP contribution < -0.4 is 5.32 Å². The van der Waals surface area contributed by atoms with E-state index in [1.165, 1.54) is 11.3 Å². The summed E-state index contributed by atoms with van der Waals surface area (Å²) in [5.41, 5.74) is 0.699. The van der Waals surface area contributed by atoms with Crippen LogP contribution in [0.4, 0.5) is 0 Å². The molecular weight excluding hydrogens is 290 g/mol. The van der Waals surface area contributed by atoms with Gasteiger partial charge in [0.2, 0.25) is 0 Å². The summed E-state index contributed by atoms with van der Waals surface area (Å²) in [6.07, 6.45) is 2.21. The lowest BCUT2D eigenvalue weighted by atomic mass is 10.3. The SMILES string of the molecule is CCCCOCCNC(=O)c1csc(Br)c1. The number of nitrogens with one attached hydrogen (secondary N) is 1. The van der Waals surface area contributed by atoms with Crippen molar-refractivity contribution in [2.75, 3.05) is 19.8 Å². The number of unbranched alkanes of at least 4 members (excludes halogenated alkanes) is 1. The zero-order chi connectivity index (χ0) is 11.8. The Bertz CT molecular complexity index is 328. The molecule has 0 spiro atoms. The van der Waals surface area contributed by atoms with Crippen LogP contribution in [-0.4, -0.2) is 25.7 Å². The predicted molar refractivity (Wildman–Crippen MR) is 70.1 cm³/mol. The zero-order valence-electron chi connectivity index (χ0n) is 9.29. The van der Waals surface area contributed by atoms with Gasteiger partial charge in [0.1, 0.15) is 0 Å². The van der Waals surface area contributed by atoms with Crippen molar-refractivity contribution in [1.82, 2.24) is 5.32 Å². The van der Waals surface area contributed by atoms with Gasteiger partial charge in [0.25, 0.3) is 5.91 Å². The van der Waals surface area contributed by atoms with E-state index in [0.717, 1.165) is 23.2 Å². The lowest BCUT2D eigenvalue weighted by molar-refractivity contribution is 0.0913. The van der Waals surface area contributed by atoms with Crippen LogP contribution in [0.2, 0.25) is 0 Å². The van der Waals surface area contributed by atoms with Gasteiger partial charge in [0.05, 0.1) is 16.0 Å². The summed E-state index contributed by atoms with van der Waals surface area (Å²) < 4.78 is 6.31. The van der Waals surface area contributed by atoms with Gasteiger partial charge in [-0.05, 0) is 28.4 Å². The molecule has 1 heterocycles. The molecule has 1 rings (SSSR count). The number of hydrogen-bond acceptors (Lipinski definition) is 3. The molecule has 1 amide bonds. The van der Waals surface area contributed by atoms with Crippen molar-refractivity contribution in [3.63, 3.8) is 0 Å². The van der Waals surface area contributed by atoms with Crippen LogP contribution in [0.3, 0.4) is 0 Å². The zero-order valence-corrected chi connectivity index (χ0v) is 11.7. The molecule has 0 bridgehead atoms. The van der Waals surface area contributed by atoms with Crippen molar-refractivity contribution in [3.05, 3.63) is 20.8 Å². The van der Waals surface area contributed by atoms with Gasteiger partial charge in [0.15, 0.2) is 0 Å². The molecular formula is C11H16BrNO2S. The predicted octanol–water partition coefficient (Wildman–Crippen LogP) is 3.06. The highest BCUT2D eigenvalue weighted by Crippen LogP contribution is 2.20. The summed E-state index contributed by atoms with van der Waals surface area (Å²) in [6.45, 7) is 4.04. The minimum absolute atomic E-state index is 0.0407. The highest BCUT2D eigenvalue weighted by molar-refractivity contribution is 9.11. The molecule has 1 aromatic rings. The van der Waals surface area contributed by atoms with Crippen molar-refractivity contribution in [2.45, 2.75) is 19.8 Å². The Labute approximate surface area is 108 Å². The van der Waals surface area contributed by atoms with Crippen LogP contribution in [0.15, 0.2) is 15.2 Å². The minimum Gasteiger partial charge on any atom is -0.380 e. The second-order valence-electron chi connectivity index (χ2n) is 3.36. The van der Waals surface area contributed by atoms with Gasteiger partial charge in [-0.3, -0.25) is 4.79 Å². The van der Waals surface area contributed by atoms with E-state index >= 15 is 0 Å². The average Bonchev–Trinajstić information content (AvgIpc) is 2.70. The first-order valence-corrected chi connectivity index (χ1v) is 7.01. The summed E-state index contributed by atoms with van der Waals surface area (Å²) >= 11 is 4.83. The molecule has 16 heavy (non-hydrogen) atoms. The Hall–Kier alpha value is -0.390. The molecule has 0 aromatic carbocycles. The van der Waals surface area contributed by atoms with Crippen molar-refractivity contribution < 1.29 is 9.53 Å². The molecule has 90 valence electrons. The molecule has 5 heteroatoms. The largest absolute Gasteiger partial charge is 0.380 e. The number of hydrogen-bond donors (Lipinski definition) is 1. The Balaban J connectivity index is 2.11. The Morgan fingerprint density at radius 1 is 1.56 bits per heavy atom. The number of amides is 1. The van der Waals surface area contributed by atoms with Crippen molar-refractivity contribution in [2.24, 2.45) is 0 Å². The third-order valence-electron chi connectivity index (χ3n) is 2.00. The lowest BCUT2D eigenvalue weighted by Crippen LogP contribution is -2.26. The Morgan fingerprint density at radius 2 is 2.38 bits per heavy atom. The maximum atomic E-state index is 11.6. The van der Waals surface area contributed by atoms with Crippen molar-refractivity contribution in [3.8, 4) is 0 Å². The van der Waals surface area contributed by atoms with Crippen molar-refractivity contribution in [1.29, 1.82) is 0 Å². The molecule has 0 aliphatic carbocycles. The summed E-state index contributed by atoms with van der Waals surface area (Å²) in [4.78, 5) is 11.6. The molecule has 0 aliphatic rings. The smallest absolute Gasteiger partial charge is 0.252 e. The lowest BCUT2D eigenvalue weighted by Gasteiger charge is -2.04. The van der Waals surface area contributed by atoms with Gasteiger partial charge in [-0.2, -0.15) is 0 Å². The standard InChI is InChI=1S/C11H16BrNO2S/c1-2-3-5-15-6-4-13-11(14)9-7-10(12)16-8-9/h7-8H,2-6H2,1H3,(H,13,14). The van der Waals surface area contributed by atoms with Gasteiger partial charge in [-0.15, -0.1) is 11.3 Å². The van der Waals surface area contributed by atoms with E-state index in [1.807, 2.05) is 11.4 Å². The summed E-state index contributed by atoms with van der Waals surface area (Å²) in [5, 5.41) is 4.64. The van der Waals surface area contributed by atoms with E-state index in [4.69, 9.17) is 4.74 Å². The number of ether oxygens (including phenoxy) is 1. The topological polar surface area (TPSA) is 38.3 Å². The normalized spacial score (nSPS) is 10.4. The van der Waals surface area contributed by atoms with E-state index in [1.54, 1.807) is 0 Å². The maximum Gasteiger partial charge on any atom is 0.252 e. The van der Waals surface area contributed by atoms with E-state index in [-0.39, 0.29) is 5.91 Å². The fraction of sp³-hybridized carbons (Fsp3) is 0.545. The monoisotopic (exact) mass is 305 g/mol. The molecule has 3 nitrogen and oxygen atoms in total. The number of thiophene rings is 1. The van der Waals surface area contributed by atoms with Crippen LogP contribution in [0.25, 0.3) is 0 Å². The summed E-state index contributed by atoms with van der Waals surface area (Å²) in [7, 11) is 0. The molecule has 0 fully saturated rings. The number of rotatable bonds is 7. The average molecular weight is 306 g/mol. The third-order valence-corrected chi connectivity index (χ3v) is 3.51. The summed E-state index contributed by atoms with van der Waals surface area (Å²) in [6, 6.07) is 1.82. The second-order valence-corrected chi connectivity index (χ2v) is 5.65. The minimum atomic E-state index is -0.0407. The third kappa shape index (κ3) is 5.09. The second kappa shape index (κ2) is 7.81. The number of carbonyl (C=O) groups is 1. The van der Waals surface area contributed by atoms with Crippen LogP contribution in [-0.2, 0) is 4.74 Å². The fourth-order valence-electron chi connectivity index (χ4n) is 1.12. The fourth-order valence-corrected chi connectivity index (χ4v) is 2.25. The first-order chi connectivity index (χ1) is 7.74. The highest BCUT2D eigenvalue weighted by Gasteiger charge is 2.06. The van der Waals surface area contributed by atoms with Gasteiger partial charge < -0.3 is 10.1 Å². The Kier molecular flexibility index (Phi) is 6.68. The van der Waals surface area contributed by atoms with Gasteiger partial charge in [-0.1, -0.05) is 13.3 Å². The quantitative estimate of drug-likeness (QED) is 0.786. The molecule has 0 aliphatic heterocycles. The highest BCUT2D eigenvalue weighted by atomic mass is 79.9. The van der Waals surface area contributed by atoms with Gasteiger partial charge >= 0.3 is 0 Å². The molecule has 0 unspecified atom stereocenters. The first kappa shape index (κ1) is 13.7. The van der Waals surface area contributed by atoms with Crippen LogP contribution in [0.5, 0.6) is 0 Å². The number of carbonyl (C=O) groups excluding carboxylic acids is 1. The van der Waals surface area contributed by atoms with E-state index < -0.39 is 0 Å². The molecule has 0 saturated heterocycles. The van der Waals surface area contributed by atoms with E-state index in [2.05, 4.69) is 28.2 Å². The summed E-state index contributed by atoms with van der Waals surface area (Å²) in [5.74, 6) is -0.0407. The van der Waals surface area contributed by atoms with Crippen LogP contribution >= 0.6 is 27.3 Å². The molecule has 0 saturated carbocycles. The van der Waals surface area contributed by atoms with Gasteiger partial charge in [0, 0.05) is 18.5 Å².